The van der Waals surface area contributed by atoms with Crippen molar-refractivity contribution in [2.75, 3.05) is 11.3 Å². The Morgan fingerprint density at radius 2 is 1.70 bits per heavy atom. The van der Waals surface area contributed by atoms with Gasteiger partial charge in [0.2, 0.25) is 0 Å². The molecule has 27 heavy (non-hydrogen) atoms. The molecule has 2 aromatic rings. The maximum atomic E-state index is 12.5. The number of para-hydroxylation sites is 1. The lowest BCUT2D eigenvalue weighted by Gasteiger charge is -2.13. The van der Waals surface area contributed by atoms with Crippen molar-refractivity contribution < 1.29 is 22.7 Å². The number of benzene rings is 2. The fourth-order valence-corrected chi connectivity index (χ4v) is 3.35. The molecule has 0 aliphatic carbocycles. The van der Waals surface area contributed by atoms with Crippen LogP contribution in [0.3, 0.4) is 0 Å². The predicted molar refractivity (Wildman–Crippen MR) is 102 cm³/mol. The van der Waals surface area contributed by atoms with Crippen LogP contribution in [0.1, 0.15) is 24.2 Å². The Kier molecular flexibility index (Phi) is 6.81. The Bertz CT molecular complexity index is 927. The fourth-order valence-electron chi connectivity index (χ4n) is 2.14. The van der Waals surface area contributed by atoms with E-state index in [1.54, 1.807) is 26.0 Å². The Balaban J connectivity index is 2.16. The van der Waals surface area contributed by atoms with E-state index in [9.17, 15) is 18.0 Å². The minimum Gasteiger partial charge on any atom is -0.452 e. The zero-order valence-electron chi connectivity index (χ0n) is 14.7. The zero-order valence-corrected chi connectivity index (χ0v) is 16.3. The number of anilines is 1. The van der Waals surface area contributed by atoms with E-state index in [1.807, 2.05) is 0 Å². The number of esters is 1. The molecule has 9 heteroatoms. The monoisotopic (exact) mass is 410 g/mol. The zero-order chi connectivity index (χ0) is 20.0. The molecule has 0 fully saturated rings. The van der Waals surface area contributed by atoms with Gasteiger partial charge >= 0.3 is 5.97 Å². The van der Waals surface area contributed by atoms with Gasteiger partial charge in [-0.1, -0.05) is 23.7 Å². The van der Waals surface area contributed by atoms with E-state index in [0.717, 1.165) is 0 Å². The summed E-state index contributed by atoms with van der Waals surface area (Å²) in [6.45, 7) is 3.09. The average molecular weight is 411 g/mol. The number of sulfonamides is 1. The van der Waals surface area contributed by atoms with Gasteiger partial charge in [0, 0.05) is 11.1 Å². The lowest BCUT2D eigenvalue weighted by Crippen LogP contribution is -2.34. The molecule has 0 aliphatic heterocycles. The third-order valence-corrected chi connectivity index (χ3v) is 4.93. The second-order valence-corrected chi connectivity index (χ2v) is 8.02. The average Bonchev–Trinajstić information content (AvgIpc) is 2.59. The lowest BCUT2D eigenvalue weighted by molar-refractivity contribution is -0.124. The first-order valence-electron chi connectivity index (χ1n) is 8.03. The number of ether oxygens (including phenoxy) is 1. The molecule has 7 nitrogen and oxygen atoms in total. The summed E-state index contributed by atoms with van der Waals surface area (Å²) in [7, 11) is -3.93. The summed E-state index contributed by atoms with van der Waals surface area (Å²) in [5.41, 5.74) is 0.0362. The highest BCUT2D eigenvalue weighted by molar-refractivity contribution is 7.92. The molecule has 0 spiro atoms. The molecule has 0 unspecified atom stereocenters. The molecule has 0 bridgehead atoms. The van der Waals surface area contributed by atoms with Crippen molar-refractivity contribution >= 4 is 39.2 Å². The van der Waals surface area contributed by atoms with Crippen LogP contribution in [-0.4, -0.2) is 32.9 Å². The number of amides is 1. The van der Waals surface area contributed by atoms with Gasteiger partial charge in [0.05, 0.1) is 16.1 Å². The molecule has 0 aliphatic rings. The second kappa shape index (κ2) is 8.88. The number of carbonyl (C=O) groups excluding carboxylic acids is 2. The van der Waals surface area contributed by atoms with Gasteiger partial charge < -0.3 is 10.1 Å². The molecule has 2 rings (SSSR count). The van der Waals surface area contributed by atoms with E-state index in [-0.39, 0.29) is 22.2 Å². The van der Waals surface area contributed by atoms with Crippen LogP contribution in [0.4, 0.5) is 5.69 Å². The molecule has 0 saturated heterocycles. The highest BCUT2D eigenvalue weighted by Gasteiger charge is 2.20. The summed E-state index contributed by atoms with van der Waals surface area (Å²) < 4.78 is 32.3. The van der Waals surface area contributed by atoms with Crippen LogP contribution in [0, 0.1) is 0 Å². The molecule has 2 N–H and O–H groups in total. The first-order valence-corrected chi connectivity index (χ1v) is 9.89. The van der Waals surface area contributed by atoms with Gasteiger partial charge in [-0.15, -0.1) is 0 Å². The summed E-state index contributed by atoms with van der Waals surface area (Å²) in [6.07, 6.45) is 0. The van der Waals surface area contributed by atoms with Crippen LogP contribution in [0.25, 0.3) is 0 Å². The smallest absolute Gasteiger partial charge is 0.340 e. The molecule has 1 amide bonds. The molecule has 0 saturated carbocycles. The van der Waals surface area contributed by atoms with Gasteiger partial charge in [0.1, 0.15) is 0 Å². The van der Waals surface area contributed by atoms with Gasteiger partial charge in [-0.25, -0.2) is 13.2 Å². The summed E-state index contributed by atoms with van der Waals surface area (Å²) in [4.78, 5) is 23.9. The molecular weight excluding hydrogens is 392 g/mol. The lowest BCUT2D eigenvalue weighted by atomic mass is 10.2. The third kappa shape index (κ3) is 5.97. The fraction of sp³-hybridized carbons (Fsp3) is 0.222. The first-order chi connectivity index (χ1) is 12.7. The quantitative estimate of drug-likeness (QED) is 0.683. The number of hydrogen-bond acceptors (Lipinski definition) is 5. The SMILES string of the molecule is CC(C)NC(=O)COC(=O)c1ccccc1NS(=O)(=O)c1ccc(Cl)cc1. The van der Waals surface area contributed by atoms with Gasteiger partial charge in [-0.3, -0.25) is 9.52 Å². The minimum atomic E-state index is -3.93. The van der Waals surface area contributed by atoms with Crippen molar-refractivity contribution in [3.05, 3.63) is 59.1 Å². The first kappa shape index (κ1) is 20.7. The summed E-state index contributed by atoms with van der Waals surface area (Å²) in [6, 6.07) is 11.5. The summed E-state index contributed by atoms with van der Waals surface area (Å²) in [5.74, 6) is -1.26. The molecule has 0 atom stereocenters. The van der Waals surface area contributed by atoms with E-state index in [2.05, 4.69) is 10.0 Å². The number of halogens is 1. The number of nitrogens with one attached hydrogen (secondary N) is 2. The molecule has 2 aromatic carbocycles. The van der Waals surface area contributed by atoms with Crippen molar-refractivity contribution in [1.29, 1.82) is 0 Å². The van der Waals surface area contributed by atoms with Crippen LogP contribution >= 0.6 is 11.6 Å². The number of carbonyl (C=O) groups is 2. The normalized spacial score (nSPS) is 11.1. The molecule has 0 radical (unpaired) electrons. The van der Waals surface area contributed by atoms with Gasteiger partial charge in [0.25, 0.3) is 15.9 Å². The van der Waals surface area contributed by atoms with Gasteiger partial charge in [-0.05, 0) is 50.2 Å². The molecular formula is C18H19ClN2O5S. The third-order valence-electron chi connectivity index (χ3n) is 3.30. The maximum Gasteiger partial charge on any atom is 0.340 e. The number of rotatable bonds is 7. The van der Waals surface area contributed by atoms with Crippen molar-refractivity contribution in [3.63, 3.8) is 0 Å². The highest BCUT2D eigenvalue weighted by Crippen LogP contribution is 2.22. The molecule has 0 heterocycles. The van der Waals surface area contributed by atoms with Crippen molar-refractivity contribution in [2.45, 2.75) is 24.8 Å². The van der Waals surface area contributed by atoms with E-state index < -0.39 is 28.5 Å². The van der Waals surface area contributed by atoms with E-state index >= 15 is 0 Å². The number of hydrogen-bond donors (Lipinski definition) is 2. The molecule has 144 valence electrons. The van der Waals surface area contributed by atoms with Crippen LogP contribution in [-0.2, 0) is 19.6 Å². The summed E-state index contributed by atoms with van der Waals surface area (Å²) in [5, 5.41) is 2.99. The largest absolute Gasteiger partial charge is 0.452 e. The van der Waals surface area contributed by atoms with E-state index in [1.165, 1.54) is 36.4 Å². The van der Waals surface area contributed by atoms with E-state index in [0.29, 0.717) is 5.02 Å². The summed E-state index contributed by atoms with van der Waals surface area (Å²) >= 11 is 5.77. The Morgan fingerprint density at radius 1 is 1.07 bits per heavy atom. The Morgan fingerprint density at radius 3 is 2.33 bits per heavy atom. The van der Waals surface area contributed by atoms with Crippen LogP contribution in [0.5, 0.6) is 0 Å². The minimum absolute atomic E-state index is 0.00705. The predicted octanol–water partition coefficient (Wildman–Crippen LogP) is 2.82. The maximum absolute atomic E-state index is 12.5. The standard InChI is InChI=1S/C18H19ClN2O5S/c1-12(2)20-17(22)11-26-18(23)15-5-3-4-6-16(15)21-27(24,25)14-9-7-13(19)8-10-14/h3-10,12,21H,11H2,1-2H3,(H,20,22). The van der Waals surface area contributed by atoms with Crippen LogP contribution < -0.4 is 10.0 Å². The van der Waals surface area contributed by atoms with Gasteiger partial charge in [0.15, 0.2) is 6.61 Å². The Hall–Kier alpha value is -2.58. The highest BCUT2D eigenvalue weighted by atomic mass is 35.5. The van der Waals surface area contributed by atoms with E-state index in [4.69, 9.17) is 16.3 Å². The second-order valence-electron chi connectivity index (χ2n) is 5.90. The van der Waals surface area contributed by atoms with Gasteiger partial charge in [-0.2, -0.15) is 0 Å². The Labute approximate surface area is 162 Å². The van der Waals surface area contributed by atoms with Crippen LogP contribution in [0.2, 0.25) is 5.02 Å². The van der Waals surface area contributed by atoms with Crippen molar-refractivity contribution in [3.8, 4) is 0 Å². The van der Waals surface area contributed by atoms with Crippen LogP contribution in [0.15, 0.2) is 53.4 Å². The topological polar surface area (TPSA) is 102 Å². The van der Waals surface area contributed by atoms with Crippen molar-refractivity contribution in [2.24, 2.45) is 0 Å². The van der Waals surface area contributed by atoms with Crippen molar-refractivity contribution in [1.82, 2.24) is 5.32 Å². The molecule has 0 aromatic heterocycles.